The summed E-state index contributed by atoms with van der Waals surface area (Å²) in [6, 6.07) is 11.9. The lowest BCUT2D eigenvalue weighted by Crippen LogP contribution is -1.96. The lowest BCUT2D eigenvalue weighted by Gasteiger charge is -2.14. The van der Waals surface area contributed by atoms with Gasteiger partial charge in [0, 0.05) is 12.1 Å². The zero-order chi connectivity index (χ0) is 16.8. The SMILES string of the molecule is COc1cc(Oc2ccc(C#N)c(C#N)c2)cc(OC)c1OC. The second kappa shape index (κ2) is 7.06. The van der Waals surface area contributed by atoms with Crippen molar-refractivity contribution in [2.24, 2.45) is 0 Å². The van der Waals surface area contributed by atoms with Crippen molar-refractivity contribution in [2.45, 2.75) is 0 Å². The van der Waals surface area contributed by atoms with Crippen molar-refractivity contribution in [3.8, 4) is 40.9 Å². The molecule has 0 heterocycles. The summed E-state index contributed by atoms with van der Waals surface area (Å²) in [5.41, 5.74) is 0.544. The molecule has 0 aliphatic carbocycles. The van der Waals surface area contributed by atoms with Crippen LogP contribution in [0, 0.1) is 22.7 Å². The molecule has 23 heavy (non-hydrogen) atoms. The first kappa shape index (κ1) is 16.0. The Morgan fingerprint density at radius 2 is 1.35 bits per heavy atom. The van der Waals surface area contributed by atoms with Gasteiger partial charge in [-0.15, -0.1) is 0 Å². The van der Waals surface area contributed by atoms with Gasteiger partial charge in [0.2, 0.25) is 5.75 Å². The van der Waals surface area contributed by atoms with Gasteiger partial charge in [-0.3, -0.25) is 0 Å². The van der Waals surface area contributed by atoms with Gasteiger partial charge in [0.05, 0.1) is 32.5 Å². The quantitative estimate of drug-likeness (QED) is 0.842. The Morgan fingerprint density at radius 3 is 1.83 bits per heavy atom. The zero-order valence-corrected chi connectivity index (χ0v) is 12.9. The Labute approximate surface area is 134 Å². The third kappa shape index (κ3) is 3.28. The minimum absolute atomic E-state index is 0.248. The van der Waals surface area contributed by atoms with Gasteiger partial charge in [-0.05, 0) is 18.2 Å². The van der Waals surface area contributed by atoms with Crippen LogP contribution >= 0.6 is 0 Å². The van der Waals surface area contributed by atoms with E-state index < -0.39 is 0 Å². The molecule has 0 radical (unpaired) electrons. The predicted octanol–water partition coefficient (Wildman–Crippen LogP) is 3.25. The molecule has 2 aromatic rings. The van der Waals surface area contributed by atoms with Crippen LogP contribution in [0.5, 0.6) is 28.7 Å². The third-order valence-electron chi connectivity index (χ3n) is 3.11. The van der Waals surface area contributed by atoms with Crippen LogP contribution in [-0.2, 0) is 0 Å². The summed E-state index contributed by atoms with van der Waals surface area (Å²) in [5.74, 6) is 2.25. The van der Waals surface area contributed by atoms with E-state index >= 15 is 0 Å². The van der Waals surface area contributed by atoms with Crippen LogP contribution in [0.15, 0.2) is 30.3 Å². The average Bonchev–Trinajstić information content (AvgIpc) is 2.60. The van der Waals surface area contributed by atoms with Gasteiger partial charge in [-0.25, -0.2) is 0 Å². The highest BCUT2D eigenvalue weighted by atomic mass is 16.5. The van der Waals surface area contributed by atoms with Crippen molar-refractivity contribution in [2.75, 3.05) is 21.3 Å². The number of nitriles is 2. The summed E-state index contributed by atoms with van der Waals surface area (Å²) in [5, 5.41) is 18.0. The van der Waals surface area contributed by atoms with Crippen LogP contribution in [0.1, 0.15) is 11.1 Å². The molecule has 6 heteroatoms. The maximum absolute atomic E-state index is 9.06. The molecule has 0 aliphatic rings. The number of benzene rings is 2. The summed E-state index contributed by atoms with van der Waals surface area (Å²) in [4.78, 5) is 0. The molecule has 6 nitrogen and oxygen atoms in total. The molecule has 0 bridgehead atoms. The maximum Gasteiger partial charge on any atom is 0.203 e. The summed E-state index contributed by atoms with van der Waals surface area (Å²) in [6.07, 6.45) is 0. The van der Waals surface area contributed by atoms with Gasteiger partial charge in [-0.1, -0.05) is 0 Å². The smallest absolute Gasteiger partial charge is 0.203 e. The number of hydrogen-bond donors (Lipinski definition) is 0. The Hall–Kier alpha value is -3.38. The van der Waals surface area contributed by atoms with Gasteiger partial charge in [-0.2, -0.15) is 10.5 Å². The molecule has 0 saturated carbocycles. The number of methoxy groups -OCH3 is 3. The standard InChI is InChI=1S/C17H14N2O4/c1-20-15-7-14(8-16(21-2)17(15)22-3)23-13-5-4-11(9-18)12(6-13)10-19/h4-8H,1-3H3. The molecule has 0 saturated heterocycles. The first-order chi connectivity index (χ1) is 11.2. The van der Waals surface area contributed by atoms with E-state index in [1.54, 1.807) is 18.2 Å². The molecule has 116 valence electrons. The monoisotopic (exact) mass is 310 g/mol. The van der Waals surface area contributed by atoms with Crippen LogP contribution in [0.3, 0.4) is 0 Å². The van der Waals surface area contributed by atoms with Gasteiger partial charge in [0.25, 0.3) is 0 Å². The molecule has 0 N–H and O–H groups in total. The normalized spacial score (nSPS) is 9.43. The van der Waals surface area contributed by atoms with E-state index in [0.717, 1.165) is 0 Å². The minimum Gasteiger partial charge on any atom is -0.493 e. The molecule has 2 aromatic carbocycles. The van der Waals surface area contributed by atoms with E-state index in [4.69, 9.17) is 29.5 Å². The predicted molar refractivity (Wildman–Crippen MR) is 82.0 cm³/mol. The summed E-state index contributed by atoms with van der Waals surface area (Å²) < 4.78 is 21.5. The molecule has 0 unspecified atom stereocenters. The van der Waals surface area contributed by atoms with Crippen molar-refractivity contribution in [3.05, 3.63) is 41.5 Å². The first-order valence-corrected chi connectivity index (χ1v) is 6.59. The first-order valence-electron chi connectivity index (χ1n) is 6.59. The summed E-state index contributed by atoms with van der Waals surface area (Å²) in [7, 11) is 4.54. The second-order valence-electron chi connectivity index (χ2n) is 4.39. The number of nitrogens with zero attached hydrogens (tertiary/aromatic N) is 2. The third-order valence-corrected chi connectivity index (χ3v) is 3.11. The van der Waals surface area contributed by atoms with Crippen LogP contribution in [0.4, 0.5) is 0 Å². The summed E-state index contributed by atoms with van der Waals surface area (Å²) in [6.45, 7) is 0. The minimum atomic E-state index is 0.248. The Bertz CT molecular complexity index is 778. The van der Waals surface area contributed by atoms with E-state index in [1.807, 2.05) is 12.1 Å². The van der Waals surface area contributed by atoms with Gasteiger partial charge >= 0.3 is 0 Å². The Kier molecular flexibility index (Phi) is 4.91. The van der Waals surface area contributed by atoms with Gasteiger partial charge in [0.15, 0.2) is 11.5 Å². The van der Waals surface area contributed by atoms with Gasteiger partial charge < -0.3 is 18.9 Å². The van der Waals surface area contributed by atoms with E-state index in [1.165, 1.54) is 33.5 Å². The maximum atomic E-state index is 9.06. The second-order valence-corrected chi connectivity index (χ2v) is 4.39. The van der Waals surface area contributed by atoms with Crippen molar-refractivity contribution in [1.29, 1.82) is 10.5 Å². The molecule has 0 amide bonds. The molecule has 0 aliphatic heterocycles. The highest BCUT2D eigenvalue weighted by Gasteiger charge is 2.14. The molecule has 0 atom stereocenters. The fourth-order valence-corrected chi connectivity index (χ4v) is 2.03. The van der Waals surface area contributed by atoms with Gasteiger partial charge in [0.1, 0.15) is 23.6 Å². The van der Waals surface area contributed by atoms with E-state index in [9.17, 15) is 0 Å². The average molecular weight is 310 g/mol. The highest BCUT2D eigenvalue weighted by molar-refractivity contribution is 5.57. The molecule has 0 aromatic heterocycles. The molecular formula is C17H14N2O4. The topological polar surface area (TPSA) is 84.5 Å². The molecular weight excluding hydrogens is 296 g/mol. The van der Waals surface area contributed by atoms with Crippen molar-refractivity contribution in [3.63, 3.8) is 0 Å². The summed E-state index contributed by atoms with van der Waals surface area (Å²) >= 11 is 0. The molecule has 0 fully saturated rings. The molecule has 0 spiro atoms. The lowest BCUT2D eigenvalue weighted by molar-refractivity contribution is 0.321. The Morgan fingerprint density at radius 1 is 0.739 bits per heavy atom. The fraction of sp³-hybridized carbons (Fsp3) is 0.176. The van der Waals surface area contributed by atoms with E-state index in [0.29, 0.717) is 34.3 Å². The molecule has 2 rings (SSSR count). The zero-order valence-electron chi connectivity index (χ0n) is 12.9. The van der Waals surface area contributed by atoms with E-state index in [-0.39, 0.29) is 5.56 Å². The number of ether oxygens (including phenoxy) is 4. The van der Waals surface area contributed by atoms with Crippen LogP contribution in [0.25, 0.3) is 0 Å². The fourth-order valence-electron chi connectivity index (χ4n) is 2.03. The van der Waals surface area contributed by atoms with Crippen LogP contribution in [0.2, 0.25) is 0 Å². The van der Waals surface area contributed by atoms with E-state index in [2.05, 4.69) is 0 Å². The van der Waals surface area contributed by atoms with Crippen molar-refractivity contribution in [1.82, 2.24) is 0 Å². The Balaban J connectivity index is 2.41. The van der Waals surface area contributed by atoms with Crippen LogP contribution in [-0.4, -0.2) is 21.3 Å². The largest absolute Gasteiger partial charge is 0.493 e. The lowest BCUT2D eigenvalue weighted by atomic mass is 10.1. The van der Waals surface area contributed by atoms with Crippen LogP contribution < -0.4 is 18.9 Å². The highest BCUT2D eigenvalue weighted by Crippen LogP contribution is 2.41. The van der Waals surface area contributed by atoms with Crippen molar-refractivity contribution >= 4 is 0 Å². The number of hydrogen-bond acceptors (Lipinski definition) is 6. The number of rotatable bonds is 5. The van der Waals surface area contributed by atoms with Crippen molar-refractivity contribution < 1.29 is 18.9 Å².